The van der Waals surface area contributed by atoms with E-state index in [0.29, 0.717) is 5.89 Å². The van der Waals surface area contributed by atoms with Gasteiger partial charge < -0.3 is 8.98 Å². The lowest BCUT2D eigenvalue weighted by Crippen LogP contribution is -1.93. The molecule has 50 heavy (non-hydrogen) atoms. The first-order chi connectivity index (χ1) is 24.7. The van der Waals surface area contributed by atoms with Gasteiger partial charge in [0, 0.05) is 27.6 Å². The number of hydrogen-bond donors (Lipinski definition) is 0. The van der Waals surface area contributed by atoms with Gasteiger partial charge in [-0.05, 0) is 101 Å². The molecule has 2 aromatic heterocycles. The molecule has 0 unspecified atom stereocenters. The Morgan fingerprint density at radius 3 is 1.88 bits per heavy atom. The second-order valence-corrected chi connectivity index (χ2v) is 12.7. The topological polar surface area (TPSA) is 31.0 Å². The highest BCUT2D eigenvalue weighted by atomic mass is 16.3. The van der Waals surface area contributed by atoms with Crippen molar-refractivity contribution in [2.75, 3.05) is 0 Å². The SMILES string of the molecule is C/C=C(/C)c1cccc2nc(-c3ccc(-c4ccccc4-c4ccccc4-c4ccc5c(c4)c4ccccc4n5-c4ccccc4)cc3)oc12. The highest BCUT2D eigenvalue weighted by Crippen LogP contribution is 2.41. The zero-order chi connectivity index (χ0) is 33.6. The van der Waals surface area contributed by atoms with E-state index in [2.05, 4.69) is 169 Å². The molecule has 7 aromatic carbocycles. The van der Waals surface area contributed by atoms with E-state index in [4.69, 9.17) is 9.40 Å². The number of hydrogen-bond acceptors (Lipinski definition) is 2. The minimum absolute atomic E-state index is 0.630. The van der Waals surface area contributed by atoms with Gasteiger partial charge in [-0.25, -0.2) is 4.98 Å². The first kappa shape index (κ1) is 29.7. The normalized spacial score (nSPS) is 11.9. The maximum atomic E-state index is 6.34. The van der Waals surface area contributed by atoms with Crippen molar-refractivity contribution in [3.63, 3.8) is 0 Å². The van der Waals surface area contributed by atoms with Gasteiger partial charge in [-0.15, -0.1) is 0 Å². The Morgan fingerprint density at radius 1 is 0.540 bits per heavy atom. The number of nitrogens with zero attached hydrogens (tertiary/aromatic N) is 2. The van der Waals surface area contributed by atoms with Gasteiger partial charge in [0.1, 0.15) is 5.52 Å². The van der Waals surface area contributed by atoms with Crippen LogP contribution in [0.15, 0.2) is 174 Å². The molecule has 0 spiro atoms. The average molecular weight is 643 g/mol. The quantitative estimate of drug-likeness (QED) is 0.181. The van der Waals surface area contributed by atoms with Gasteiger partial charge in [-0.2, -0.15) is 0 Å². The molecule has 2 heterocycles. The van der Waals surface area contributed by atoms with Crippen LogP contribution in [0.4, 0.5) is 0 Å². The minimum atomic E-state index is 0.630. The Balaban J connectivity index is 1.12. The van der Waals surface area contributed by atoms with E-state index in [9.17, 15) is 0 Å². The van der Waals surface area contributed by atoms with Crippen LogP contribution in [0, 0.1) is 0 Å². The third-order valence-corrected chi connectivity index (χ3v) is 9.86. The summed E-state index contributed by atoms with van der Waals surface area (Å²) in [6.07, 6.45) is 2.10. The molecule has 0 aliphatic heterocycles. The molecule has 9 rings (SSSR count). The molecule has 0 atom stereocenters. The summed E-state index contributed by atoms with van der Waals surface area (Å²) in [5.41, 5.74) is 15.6. The molecule has 238 valence electrons. The standard InChI is InChI=1S/C47H34N2O/c1-3-31(2)36-21-13-22-43-46(36)50-47(48-43)33-26-24-32(25-27-33)37-16-7-9-18-39(37)40-19-10-8-17-38(40)34-28-29-45-42(30-34)41-20-11-12-23-44(41)49(45)35-14-5-4-6-15-35/h3-30H,1-2H3/b31-3-. The predicted octanol–water partition coefficient (Wildman–Crippen LogP) is 13.0. The van der Waals surface area contributed by atoms with Gasteiger partial charge in [-0.3, -0.25) is 0 Å². The Morgan fingerprint density at radius 2 is 1.14 bits per heavy atom. The maximum Gasteiger partial charge on any atom is 0.227 e. The lowest BCUT2D eigenvalue weighted by molar-refractivity contribution is 0.619. The minimum Gasteiger partial charge on any atom is -0.435 e. The highest BCUT2D eigenvalue weighted by Gasteiger charge is 2.17. The number of aromatic nitrogens is 2. The monoisotopic (exact) mass is 642 g/mol. The molecular formula is C47H34N2O. The van der Waals surface area contributed by atoms with Crippen molar-refractivity contribution in [2.24, 2.45) is 0 Å². The van der Waals surface area contributed by atoms with Crippen LogP contribution in [0.2, 0.25) is 0 Å². The Kier molecular flexibility index (Phi) is 7.25. The molecule has 0 saturated carbocycles. The first-order valence-corrected chi connectivity index (χ1v) is 17.1. The van der Waals surface area contributed by atoms with Crippen molar-refractivity contribution >= 4 is 38.5 Å². The lowest BCUT2D eigenvalue weighted by Gasteiger charge is -2.15. The highest BCUT2D eigenvalue weighted by molar-refractivity contribution is 6.11. The van der Waals surface area contributed by atoms with Crippen LogP contribution in [0.3, 0.4) is 0 Å². The summed E-state index contributed by atoms with van der Waals surface area (Å²) in [6, 6.07) is 58.4. The maximum absolute atomic E-state index is 6.34. The zero-order valence-electron chi connectivity index (χ0n) is 28.0. The van der Waals surface area contributed by atoms with Gasteiger partial charge in [0.2, 0.25) is 5.89 Å². The molecule has 0 radical (unpaired) electrons. The van der Waals surface area contributed by atoms with E-state index < -0.39 is 0 Å². The van der Waals surface area contributed by atoms with Crippen LogP contribution in [0.1, 0.15) is 19.4 Å². The molecule has 0 amide bonds. The van der Waals surface area contributed by atoms with Crippen LogP contribution < -0.4 is 0 Å². The molecular weight excluding hydrogens is 609 g/mol. The second-order valence-electron chi connectivity index (χ2n) is 12.7. The number of allylic oxidation sites excluding steroid dienone is 2. The summed E-state index contributed by atoms with van der Waals surface area (Å²) in [6.45, 7) is 4.15. The van der Waals surface area contributed by atoms with Crippen molar-refractivity contribution in [1.29, 1.82) is 0 Å². The molecule has 0 fully saturated rings. The number of para-hydroxylation sites is 3. The van der Waals surface area contributed by atoms with Gasteiger partial charge in [-0.1, -0.05) is 121 Å². The third-order valence-electron chi connectivity index (χ3n) is 9.86. The third kappa shape index (κ3) is 4.94. The second kappa shape index (κ2) is 12.2. The molecule has 0 saturated heterocycles. The molecule has 0 N–H and O–H groups in total. The average Bonchev–Trinajstić information content (AvgIpc) is 3.77. The first-order valence-electron chi connectivity index (χ1n) is 17.1. The number of rotatable bonds is 6. The lowest BCUT2D eigenvalue weighted by atomic mass is 9.89. The fraction of sp³-hybridized carbons (Fsp3) is 0.0426. The van der Waals surface area contributed by atoms with Crippen LogP contribution in [-0.4, -0.2) is 9.55 Å². The van der Waals surface area contributed by atoms with E-state index in [-0.39, 0.29) is 0 Å². The summed E-state index contributed by atoms with van der Waals surface area (Å²) < 4.78 is 8.71. The number of oxazole rings is 1. The van der Waals surface area contributed by atoms with Crippen molar-refractivity contribution in [3.8, 4) is 50.5 Å². The van der Waals surface area contributed by atoms with Crippen molar-refractivity contribution in [2.45, 2.75) is 13.8 Å². The summed E-state index contributed by atoms with van der Waals surface area (Å²) in [4.78, 5) is 4.84. The van der Waals surface area contributed by atoms with Crippen molar-refractivity contribution in [1.82, 2.24) is 9.55 Å². The van der Waals surface area contributed by atoms with E-state index in [1.165, 1.54) is 55.2 Å². The molecule has 3 nitrogen and oxygen atoms in total. The Labute approximate surface area is 291 Å². The van der Waals surface area contributed by atoms with E-state index >= 15 is 0 Å². The summed E-state index contributed by atoms with van der Waals surface area (Å²) in [5, 5.41) is 2.49. The molecule has 9 aromatic rings. The van der Waals surface area contributed by atoms with E-state index in [0.717, 1.165) is 33.5 Å². The van der Waals surface area contributed by atoms with Gasteiger partial charge in [0.05, 0.1) is 11.0 Å². The molecule has 0 bridgehead atoms. The summed E-state index contributed by atoms with van der Waals surface area (Å²) in [5.74, 6) is 0.630. The summed E-state index contributed by atoms with van der Waals surface area (Å²) >= 11 is 0. The fourth-order valence-electron chi connectivity index (χ4n) is 7.27. The van der Waals surface area contributed by atoms with Crippen LogP contribution >= 0.6 is 0 Å². The molecule has 3 heteroatoms. The number of benzene rings is 7. The zero-order valence-corrected chi connectivity index (χ0v) is 28.0. The summed E-state index contributed by atoms with van der Waals surface area (Å²) in [7, 11) is 0. The van der Waals surface area contributed by atoms with Gasteiger partial charge >= 0.3 is 0 Å². The largest absolute Gasteiger partial charge is 0.435 e. The van der Waals surface area contributed by atoms with Crippen molar-refractivity contribution < 1.29 is 4.42 Å². The number of fused-ring (bicyclic) bond motifs is 4. The van der Waals surface area contributed by atoms with Gasteiger partial charge in [0.25, 0.3) is 0 Å². The van der Waals surface area contributed by atoms with Crippen LogP contribution in [-0.2, 0) is 0 Å². The molecule has 0 aliphatic carbocycles. The van der Waals surface area contributed by atoms with E-state index in [1.807, 2.05) is 19.1 Å². The molecule has 0 aliphatic rings. The Bertz CT molecular complexity index is 2710. The van der Waals surface area contributed by atoms with Crippen LogP contribution in [0.5, 0.6) is 0 Å². The fourth-order valence-corrected chi connectivity index (χ4v) is 7.27. The smallest absolute Gasteiger partial charge is 0.227 e. The van der Waals surface area contributed by atoms with E-state index in [1.54, 1.807) is 0 Å². The Hall–Kier alpha value is -6.45. The van der Waals surface area contributed by atoms with Gasteiger partial charge in [0.15, 0.2) is 5.58 Å². The predicted molar refractivity (Wildman–Crippen MR) is 209 cm³/mol. The van der Waals surface area contributed by atoms with Crippen molar-refractivity contribution in [3.05, 3.63) is 175 Å². The van der Waals surface area contributed by atoms with Crippen LogP contribution in [0.25, 0.3) is 89.0 Å².